The Hall–Kier alpha value is -2.37. The van der Waals surface area contributed by atoms with E-state index in [0.29, 0.717) is 0 Å². The maximum absolute atomic E-state index is 12.0. The Morgan fingerprint density at radius 1 is 1.22 bits per heavy atom. The Balaban J connectivity index is 3.09. The van der Waals surface area contributed by atoms with Gasteiger partial charge in [0.15, 0.2) is 5.78 Å². The zero-order chi connectivity index (χ0) is 13.7. The van der Waals surface area contributed by atoms with Crippen molar-refractivity contribution in [1.82, 2.24) is 0 Å². The summed E-state index contributed by atoms with van der Waals surface area (Å²) in [5, 5.41) is 17.5. The molecule has 0 bridgehead atoms. The SMILES string of the molecule is COc1ccccc1C(=O)C(CC(=O)O)C(=O)O. The molecule has 1 atom stereocenters. The highest BCUT2D eigenvalue weighted by atomic mass is 16.5. The minimum Gasteiger partial charge on any atom is -0.496 e. The third-order valence-corrected chi connectivity index (χ3v) is 2.37. The Morgan fingerprint density at radius 3 is 2.33 bits per heavy atom. The average Bonchev–Trinajstić information content (AvgIpc) is 2.34. The van der Waals surface area contributed by atoms with Crippen LogP contribution in [0.3, 0.4) is 0 Å². The maximum atomic E-state index is 12.0. The molecule has 6 nitrogen and oxygen atoms in total. The molecular formula is C12H12O6. The fourth-order valence-corrected chi connectivity index (χ4v) is 1.50. The molecule has 6 heteroatoms. The largest absolute Gasteiger partial charge is 0.496 e. The van der Waals surface area contributed by atoms with Crippen LogP contribution in [0.15, 0.2) is 24.3 Å². The molecule has 0 aliphatic rings. The van der Waals surface area contributed by atoms with Crippen LogP contribution in [0, 0.1) is 5.92 Å². The number of benzene rings is 1. The molecule has 0 aromatic heterocycles. The molecule has 0 heterocycles. The van der Waals surface area contributed by atoms with Gasteiger partial charge in [0.2, 0.25) is 0 Å². The van der Waals surface area contributed by atoms with E-state index in [-0.39, 0.29) is 11.3 Å². The Kier molecular flexibility index (Phi) is 4.42. The zero-order valence-electron chi connectivity index (χ0n) is 9.62. The quantitative estimate of drug-likeness (QED) is 0.579. The first-order chi connectivity index (χ1) is 8.47. The van der Waals surface area contributed by atoms with Crippen LogP contribution in [-0.4, -0.2) is 35.0 Å². The van der Waals surface area contributed by atoms with E-state index in [2.05, 4.69) is 0 Å². The van der Waals surface area contributed by atoms with E-state index in [1.807, 2.05) is 0 Å². The van der Waals surface area contributed by atoms with E-state index in [1.165, 1.54) is 19.2 Å². The number of para-hydroxylation sites is 1. The molecule has 0 amide bonds. The molecule has 0 fully saturated rings. The molecule has 1 rings (SSSR count). The second kappa shape index (κ2) is 5.81. The molecule has 2 N–H and O–H groups in total. The van der Waals surface area contributed by atoms with Crippen LogP contribution in [0.1, 0.15) is 16.8 Å². The highest BCUT2D eigenvalue weighted by molar-refractivity contribution is 6.11. The number of carbonyl (C=O) groups is 3. The summed E-state index contributed by atoms with van der Waals surface area (Å²) in [7, 11) is 1.35. The van der Waals surface area contributed by atoms with E-state index in [4.69, 9.17) is 14.9 Å². The molecular weight excluding hydrogens is 240 g/mol. The second-order valence-electron chi connectivity index (χ2n) is 3.55. The van der Waals surface area contributed by atoms with Crippen LogP contribution in [0.4, 0.5) is 0 Å². The van der Waals surface area contributed by atoms with Crippen molar-refractivity contribution in [2.75, 3.05) is 7.11 Å². The standard InChI is InChI=1S/C12H12O6/c1-18-9-5-3-2-4-7(9)11(15)8(12(16)17)6-10(13)14/h2-5,8H,6H2,1H3,(H,13,14)(H,16,17). The fraction of sp³-hybridized carbons (Fsp3) is 0.250. The highest BCUT2D eigenvalue weighted by Crippen LogP contribution is 2.22. The zero-order valence-corrected chi connectivity index (χ0v) is 9.62. The first-order valence-corrected chi connectivity index (χ1v) is 5.09. The van der Waals surface area contributed by atoms with E-state index < -0.39 is 30.1 Å². The van der Waals surface area contributed by atoms with Crippen molar-refractivity contribution in [3.05, 3.63) is 29.8 Å². The van der Waals surface area contributed by atoms with Gasteiger partial charge in [-0.05, 0) is 12.1 Å². The molecule has 0 aliphatic heterocycles. The number of methoxy groups -OCH3 is 1. The average molecular weight is 252 g/mol. The van der Waals surface area contributed by atoms with E-state index in [1.54, 1.807) is 12.1 Å². The lowest BCUT2D eigenvalue weighted by molar-refractivity contribution is -0.146. The summed E-state index contributed by atoms with van der Waals surface area (Å²) in [6, 6.07) is 6.09. The van der Waals surface area contributed by atoms with Gasteiger partial charge in [-0.15, -0.1) is 0 Å². The minimum absolute atomic E-state index is 0.0636. The molecule has 18 heavy (non-hydrogen) atoms. The number of ether oxygens (including phenoxy) is 1. The fourth-order valence-electron chi connectivity index (χ4n) is 1.50. The number of hydrogen-bond acceptors (Lipinski definition) is 4. The Morgan fingerprint density at radius 2 is 1.83 bits per heavy atom. The van der Waals surface area contributed by atoms with Crippen molar-refractivity contribution >= 4 is 17.7 Å². The van der Waals surface area contributed by atoms with Gasteiger partial charge in [-0.2, -0.15) is 0 Å². The van der Waals surface area contributed by atoms with E-state index in [9.17, 15) is 14.4 Å². The van der Waals surface area contributed by atoms with Crippen LogP contribution in [0.5, 0.6) is 5.75 Å². The first-order valence-electron chi connectivity index (χ1n) is 5.09. The Labute approximate surface area is 103 Å². The molecule has 0 aliphatic carbocycles. The van der Waals surface area contributed by atoms with Crippen molar-refractivity contribution < 1.29 is 29.3 Å². The van der Waals surface area contributed by atoms with Gasteiger partial charge >= 0.3 is 11.9 Å². The van der Waals surface area contributed by atoms with Crippen molar-refractivity contribution in [2.24, 2.45) is 5.92 Å². The summed E-state index contributed by atoms with van der Waals surface area (Å²) in [4.78, 5) is 33.5. The molecule has 1 aromatic rings. The highest BCUT2D eigenvalue weighted by Gasteiger charge is 2.31. The third kappa shape index (κ3) is 3.07. The number of carboxylic acid groups (broad SMARTS) is 2. The normalized spacial score (nSPS) is 11.6. The molecule has 0 saturated heterocycles. The topological polar surface area (TPSA) is 101 Å². The lowest BCUT2D eigenvalue weighted by atomic mass is 9.94. The first kappa shape index (κ1) is 13.7. The third-order valence-electron chi connectivity index (χ3n) is 2.37. The van der Waals surface area contributed by atoms with Gasteiger partial charge in [0.1, 0.15) is 11.7 Å². The van der Waals surface area contributed by atoms with Gasteiger partial charge in [-0.1, -0.05) is 12.1 Å². The second-order valence-corrected chi connectivity index (χ2v) is 3.55. The van der Waals surface area contributed by atoms with E-state index >= 15 is 0 Å². The van der Waals surface area contributed by atoms with E-state index in [0.717, 1.165) is 0 Å². The van der Waals surface area contributed by atoms with Crippen LogP contribution in [-0.2, 0) is 9.59 Å². The molecule has 1 unspecified atom stereocenters. The van der Waals surface area contributed by atoms with Gasteiger partial charge in [0, 0.05) is 0 Å². The number of Topliss-reactive ketones (excluding diaryl/α,β-unsaturated/α-hetero) is 1. The predicted octanol–water partition coefficient (Wildman–Crippen LogP) is 1.05. The minimum atomic E-state index is -1.61. The van der Waals surface area contributed by atoms with Gasteiger partial charge in [0.05, 0.1) is 19.1 Å². The Bertz CT molecular complexity index is 479. The van der Waals surface area contributed by atoms with Crippen LogP contribution < -0.4 is 4.74 Å². The van der Waals surface area contributed by atoms with Crippen molar-refractivity contribution in [2.45, 2.75) is 6.42 Å². The number of aliphatic carboxylic acids is 2. The lowest BCUT2D eigenvalue weighted by Crippen LogP contribution is -2.27. The van der Waals surface area contributed by atoms with Gasteiger partial charge < -0.3 is 14.9 Å². The molecule has 0 spiro atoms. The number of ketones is 1. The summed E-state index contributed by atoms with van der Waals surface area (Å²) < 4.78 is 4.94. The summed E-state index contributed by atoms with van der Waals surface area (Å²) in [6.45, 7) is 0. The maximum Gasteiger partial charge on any atom is 0.315 e. The van der Waals surface area contributed by atoms with Crippen LogP contribution in [0.2, 0.25) is 0 Å². The van der Waals surface area contributed by atoms with Crippen molar-refractivity contribution in [1.29, 1.82) is 0 Å². The summed E-state index contributed by atoms with van der Waals surface area (Å²) in [5.74, 6) is -4.97. The van der Waals surface area contributed by atoms with Gasteiger partial charge in [0.25, 0.3) is 0 Å². The summed E-state index contributed by atoms with van der Waals surface area (Å²) in [6.07, 6.45) is -0.758. The van der Waals surface area contributed by atoms with Crippen LogP contribution in [0.25, 0.3) is 0 Å². The smallest absolute Gasteiger partial charge is 0.315 e. The molecule has 0 saturated carbocycles. The lowest BCUT2D eigenvalue weighted by Gasteiger charge is -2.11. The van der Waals surface area contributed by atoms with Crippen molar-refractivity contribution in [3.8, 4) is 5.75 Å². The predicted molar refractivity (Wildman–Crippen MR) is 60.7 cm³/mol. The molecule has 96 valence electrons. The molecule has 0 radical (unpaired) electrons. The summed E-state index contributed by atoms with van der Waals surface area (Å²) in [5.41, 5.74) is 0.0636. The molecule has 1 aromatic carbocycles. The van der Waals surface area contributed by atoms with Gasteiger partial charge in [-0.25, -0.2) is 0 Å². The monoisotopic (exact) mass is 252 g/mol. The number of carboxylic acids is 2. The summed E-state index contributed by atoms with van der Waals surface area (Å²) >= 11 is 0. The number of carbonyl (C=O) groups excluding carboxylic acids is 1. The number of rotatable bonds is 6. The van der Waals surface area contributed by atoms with Gasteiger partial charge in [-0.3, -0.25) is 14.4 Å². The number of hydrogen-bond donors (Lipinski definition) is 2. The van der Waals surface area contributed by atoms with Crippen LogP contribution >= 0.6 is 0 Å². The van der Waals surface area contributed by atoms with Crippen molar-refractivity contribution in [3.63, 3.8) is 0 Å².